The molecule has 0 bridgehead atoms. The third-order valence-corrected chi connectivity index (χ3v) is 4.08. The number of amides is 1. The van der Waals surface area contributed by atoms with Crippen molar-refractivity contribution in [1.82, 2.24) is 20.5 Å². The molecule has 1 atom stereocenters. The molecule has 116 valence electrons. The molecular formula is C16H20N4O2. The lowest BCUT2D eigenvalue weighted by Gasteiger charge is -2.22. The number of carbonyl (C=O) groups is 1. The van der Waals surface area contributed by atoms with Crippen LogP contribution in [0.3, 0.4) is 0 Å². The molecule has 22 heavy (non-hydrogen) atoms. The first-order valence-corrected chi connectivity index (χ1v) is 7.57. The predicted molar refractivity (Wildman–Crippen MR) is 81.5 cm³/mol. The van der Waals surface area contributed by atoms with Gasteiger partial charge in [0.15, 0.2) is 0 Å². The van der Waals surface area contributed by atoms with Crippen molar-refractivity contribution in [2.45, 2.75) is 31.7 Å². The highest BCUT2D eigenvalue weighted by molar-refractivity contribution is 5.95. The molecule has 1 amide bonds. The molecule has 2 aromatic rings. The molecule has 0 spiro atoms. The molecule has 2 aromatic heterocycles. The molecule has 3 heterocycles. The van der Waals surface area contributed by atoms with E-state index in [-0.39, 0.29) is 11.9 Å². The minimum atomic E-state index is -0.105. The van der Waals surface area contributed by atoms with Crippen LogP contribution in [0.5, 0.6) is 0 Å². The largest absolute Gasteiger partial charge is 0.381 e. The number of H-pyrrole nitrogens is 1. The van der Waals surface area contributed by atoms with Gasteiger partial charge in [-0.1, -0.05) is 6.07 Å². The van der Waals surface area contributed by atoms with Crippen LogP contribution in [0.1, 0.15) is 53.3 Å². The standard InChI is InChI=1S/C16H20N4O2/c1-11(13-3-2-6-17-9-13)19-16(21)14-10-18-20-15(14)12-4-7-22-8-5-12/h2-3,6,9-12H,4-5,7-8H2,1H3,(H,18,20)(H,19,21)/t11-/m0/s1. The molecule has 1 saturated heterocycles. The van der Waals surface area contributed by atoms with E-state index in [1.165, 1.54) is 0 Å². The van der Waals surface area contributed by atoms with Gasteiger partial charge in [-0.25, -0.2) is 0 Å². The Morgan fingerprint density at radius 2 is 2.23 bits per heavy atom. The van der Waals surface area contributed by atoms with Gasteiger partial charge in [0.25, 0.3) is 5.91 Å². The molecular weight excluding hydrogens is 280 g/mol. The molecule has 6 heteroatoms. The van der Waals surface area contributed by atoms with Gasteiger partial charge in [-0.05, 0) is 31.4 Å². The third kappa shape index (κ3) is 3.17. The fourth-order valence-corrected chi connectivity index (χ4v) is 2.76. The van der Waals surface area contributed by atoms with Gasteiger partial charge in [0.05, 0.1) is 23.5 Å². The lowest BCUT2D eigenvalue weighted by atomic mass is 9.93. The molecule has 1 fully saturated rings. The Hall–Kier alpha value is -2.21. The minimum absolute atomic E-state index is 0.0985. The minimum Gasteiger partial charge on any atom is -0.381 e. The lowest BCUT2D eigenvalue weighted by Crippen LogP contribution is -2.28. The van der Waals surface area contributed by atoms with Crippen LogP contribution < -0.4 is 5.32 Å². The second-order valence-corrected chi connectivity index (χ2v) is 5.57. The van der Waals surface area contributed by atoms with E-state index in [0.29, 0.717) is 11.5 Å². The van der Waals surface area contributed by atoms with E-state index in [1.54, 1.807) is 18.6 Å². The van der Waals surface area contributed by atoms with E-state index in [9.17, 15) is 4.79 Å². The van der Waals surface area contributed by atoms with Crippen LogP contribution in [0.15, 0.2) is 30.7 Å². The zero-order chi connectivity index (χ0) is 15.4. The molecule has 0 aliphatic carbocycles. The SMILES string of the molecule is C[C@H](NC(=O)c1cn[nH]c1C1CCOCC1)c1cccnc1. The maximum atomic E-state index is 12.5. The van der Waals surface area contributed by atoms with Crippen molar-refractivity contribution < 1.29 is 9.53 Å². The summed E-state index contributed by atoms with van der Waals surface area (Å²) in [6, 6.07) is 3.72. The Bertz CT molecular complexity index is 620. The first kappa shape index (κ1) is 14.7. The van der Waals surface area contributed by atoms with Gasteiger partial charge in [-0.2, -0.15) is 5.10 Å². The van der Waals surface area contributed by atoms with Crippen LogP contribution in [0.25, 0.3) is 0 Å². The van der Waals surface area contributed by atoms with E-state index < -0.39 is 0 Å². The van der Waals surface area contributed by atoms with Crippen LogP contribution in [0.2, 0.25) is 0 Å². The normalized spacial score (nSPS) is 17.1. The summed E-state index contributed by atoms with van der Waals surface area (Å²) in [5.74, 6) is 0.206. The van der Waals surface area contributed by atoms with E-state index in [0.717, 1.165) is 37.3 Å². The number of aromatic amines is 1. The number of nitrogens with zero attached hydrogens (tertiary/aromatic N) is 2. The number of hydrogen-bond acceptors (Lipinski definition) is 4. The van der Waals surface area contributed by atoms with Crippen molar-refractivity contribution in [1.29, 1.82) is 0 Å². The third-order valence-electron chi connectivity index (χ3n) is 4.08. The summed E-state index contributed by atoms with van der Waals surface area (Å²) in [6.45, 7) is 3.41. The number of ether oxygens (including phenoxy) is 1. The highest BCUT2D eigenvalue weighted by atomic mass is 16.5. The van der Waals surface area contributed by atoms with Crippen LogP contribution in [-0.2, 0) is 4.74 Å². The molecule has 0 unspecified atom stereocenters. The van der Waals surface area contributed by atoms with E-state index in [1.807, 2.05) is 19.1 Å². The fourth-order valence-electron chi connectivity index (χ4n) is 2.76. The Morgan fingerprint density at radius 1 is 1.41 bits per heavy atom. The average Bonchev–Trinajstić information content (AvgIpc) is 3.06. The van der Waals surface area contributed by atoms with Crippen molar-refractivity contribution in [2.75, 3.05) is 13.2 Å². The quantitative estimate of drug-likeness (QED) is 0.907. The molecule has 0 radical (unpaired) electrons. The van der Waals surface area contributed by atoms with Crippen molar-refractivity contribution >= 4 is 5.91 Å². The molecule has 2 N–H and O–H groups in total. The van der Waals surface area contributed by atoms with Crippen LogP contribution >= 0.6 is 0 Å². The Kier molecular flexibility index (Phi) is 4.48. The number of carbonyl (C=O) groups excluding carboxylic acids is 1. The summed E-state index contributed by atoms with van der Waals surface area (Å²) in [6.07, 6.45) is 6.93. The Labute approximate surface area is 129 Å². The Morgan fingerprint density at radius 3 is 2.95 bits per heavy atom. The van der Waals surface area contributed by atoms with Gasteiger partial charge in [0, 0.05) is 31.5 Å². The van der Waals surface area contributed by atoms with Gasteiger partial charge in [0.2, 0.25) is 0 Å². The second kappa shape index (κ2) is 6.70. The molecule has 3 rings (SSSR count). The summed E-state index contributed by atoms with van der Waals surface area (Å²) >= 11 is 0. The second-order valence-electron chi connectivity index (χ2n) is 5.57. The molecule has 1 aliphatic rings. The van der Waals surface area contributed by atoms with Crippen molar-refractivity contribution in [3.63, 3.8) is 0 Å². The molecule has 0 saturated carbocycles. The number of rotatable bonds is 4. The maximum Gasteiger partial charge on any atom is 0.255 e. The van der Waals surface area contributed by atoms with Crippen LogP contribution in [0, 0.1) is 0 Å². The highest BCUT2D eigenvalue weighted by Gasteiger charge is 2.24. The Balaban J connectivity index is 1.71. The van der Waals surface area contributed by atoms with Crippen molar-refractivity contribution in [3.05, 3.63) is 47.5 Å². The number of hydrogen-bond donors (Lipinski definition) is 2. The van der Waals surface area contributed by atoms with E-state index >= 15 is 0 Å². The van der Waals surface area contributed by atoms with Gasteiger partial charge >= 0.3 is 0 Å². The number of nitrogens with one attached hydrogen (secondary N) is 2. The number of pyridine rings is 1. The van der Waals surface area contributed by atoms with Gasteiger partial charge < -0.3 is 10.1 Å². The van der Waals surface area contributed by atoms with Gasteiger partial charge in [-0.15, -0.1) is 0 Å². The summed E-state index contributed by atoms with van der Waals surface area (Å²) < 4.78 is 5.38. The summed E-state index contributed by atoms with van der Waals surface area (Å²) in [7, 11) is 0. The van der Waals surface area contributed by atoms with Crippen molar-refractivity contribution in [2.24, 2.45) is 0 Å². The molecule has 6 nitrogen and oxygen atoms in total. The summed E-state index contributed by atoms with van der Waals surface area (Å²) in [5, 5.41) is 10.1. The molecule has 0 aromatic carbocycles. The summed E-state index contributed by atoms with van der Waals surface area (Å²) in [4.78, 5) is 16.6. The van der Waals surface area contributed by atoms with E-state index in [2.05, 4.69) is 20.5 Å². The maximum absolute atomic E-state index is 12.5. The average molecular weight is 300 g/mol. The van der Waals surface area contributed by atoms with Crippen LogP contribution in [0.4, 0.5) is 0 Å². The van der Waals surface area contributed by atoms with Gasteiger partial charge in [0.1, 0.15) is 0 Å². The first-order valence-electron chi connectivity index (χ1n) is 7.57. The number of aromatic nitrogens is 3. The first-order chi connectivity index (χ1) is 10.8. The van der Waals surface area contributed by atoms with E-state index in [4.69, 9.17) is 4.74 Å². The van der Waals surface area contributed by atoms with Crippen LogP contribution in [-0.4, -0.2) is 34.3 Å². The lowest BCUT2D eigenvalue weighted by molar-refractivity contribution is 0.0832. The highest BCUT2D eigenvalue weighted by Crippen LogP contribution is 2.28. The zero-order valence-corrected chi connectivity index (χ0v) is 12.6. The molecule has 1 aliphatic heterocycles. The smallest absolute Gasteiger partial charge is 0.255 e. The fraction of sp³-hybridized carbons (Fsp3) is 0.438. The topological polar surface area (TPSA) is 79.9 Å². The zero-order valence-electron chi connectivity index (χ0n) is 12.6. The monoisotopic (exact) mass is 300 g/mol. The predicted octanol–water partition coefficient (Wildman–Crippen LogP) is 2.19. The summed E-state index contributed by atoms with van der Waals surface area (Å²) in [5.41, 5.74) is 2.52. The van der Waals surface area contributed by atoms with Crippen molar-refractivity contribution in [3.8, 4) is 0 Å². The van der Waals surface area contributed by atoms with Gasteiger partial charge in [-0.3, -0.25) is 14.9 Å².